The van der Waals surface area contributed by atoms with Gasteiger partial charge in [-0.05, 0) is 39.0 Å². The van der Waals surface area contributed by atoms with Crippen LogP contribution in [-0.4, -0.2) is 62.2 Å². The summed E-state index contributed by atoms with van der Waals surface area (Å²) in [5.74, 6) is 1.24. The van der Waals surface area contributed by atoms with Crippen LogP contribution in [0.25, 0.3) is 16.9 Å². The van der Waals surface area contributed by atoms with E-state index in [2.05, 4.69) is 14.9 Å². The fourth-order valence-corrected chi connectivity index (χ4v) is 3.49. The number of hydrogen-bond acceptors (Lipinski definition) is 7. The van der Waals surface area contributed by atoms with E-state index in [0.717, 1.165) is 16.7 Å². The molecule has 10 heteroatoms. The SMILES string of the molecule is CC(C)(C)OC(=O)N1CCN(c2ccnc(-n3ccc4cc([N+](=O)[O-])ccc43)n2)CC1. The first kappa shape index (κ1) is 20.6. The Balaban J connectivity index is 1.50. The topological polar surface area (TPSA) is 107 Å². The summed E-state index contributed by atoms with van der Waals surface area (Å²) < 4.78 is 7.25. The Morgan fingerprint density at radius 1 is 1.13 bits per heavy atom. The van der Waals surface area contributed by atoms with Crippen LogP contribution in [-0.2, 0) is 4.74 Å². The summed E-state index contributed by atoms with van der Waals surface area (Å²) >= 11 is 0. The van der Waals surface area contributed by atoms with Crippen molar-refractivity contribution >= 4 is 28.5 Å². The highest BCUT2D eigenvalue weighted by molar-refractivity contribution is 5.83. The van der Waals surface area contributed by atoms with Crippen molar-refractivity contribution in [1.29, 1.82) is 0 Å². The van der Waals surface area contributed by atoms with Crippen molar-refractivity contribution in [1.82, 2.24) is 19.4 Å². The molecule has 1 aliphatic rings. The molecule has 1 aromatic carbocycles. The van der Waals surface area contributed by atoms with Gasteiger partial charge in [-0.15, -0.1) is 0 Å². The minimum Gasteiger partial charge on any atom is -0.444 e. The first-order valence-electron chi connectivity index (χ1n) is 10.0. The largest absolute Gasteiger partial charge is 0.444 e. The van der Waals surface area contributed by atoms with E-state index in [-0.39, 0.29) is 11.8 Å². The molecular weight excluding hydrogens is 400 g/mol. The molecule has 2 aromatic heterocycles. The Labute approximate surface area is 179 Å². The predicted octanol–water partition coefficient (Wildman–Crippen LogP) is 3.39. The number of nitro groups is 1. The summed E-state index contributed by atoms with van der Waals surface area (Å²) in [5, 5.41) is 11.8. The van der Waals surface area contributed by atoms with Crippen molar-refractivity contribution in [3.8, 4) is 5.95 Å². The summed E-state index contributed by atoms with van der Waals surface area (Å²) in [5.41, 5.74) is 0.315. The molecule has 162 valence electrons. The third kappa shape index (κ3) is 4.42. The van der Waals surface area contributed by atoms with Crippen LogP contribution in [0.2, 0.25) is 0 Å². The monoisotopic (exact) mass is 424 g/mol. The summed E-state index contributed by atoms with van der Waals surface area (Å²) in [6.07, 6.45) is 3.19. The van der Waals surface area contributed by atoms with E-state index in [9.17, 15) is 14.9 Å². The van der Waals surface area contributed by atoms with E-state index >= 15 is 0 Å². The lowest BCUT2D eigenvalue weighted by molar-refractivity contribution is -0.384. The molecule has 1 aliphatic heterocycles. The summed E-state index contributed by atoms with van der Waals surface area (Å²) in [4.78, 5) is 35.7. The minimum absolute atomic E-state index is 0.0442. The highest BCUT2D eigenvalue weighted by Crippen LogP contribution is 2.24. The number of nitro benzene ring substituents is 1. The summed E-state index contributed by atoms with van der Waals surface area (Å²) in [6, 6.07) is 8.34. The third-order valence-electron chi connectivity index (χ3n) is 4.98. The third-order valence-corrected chi connectivity index (χ3v) is 4.98. The number of non-ortho nitro benzene ring substituents is 1. The standard InChI is InChI=1S/C21H24N6O4/c1-21(2,3)31-20(28)25-12-10-24(11-13-25)18-6-8-22-19(23-18)26-9-7-15-14-16(27(29)30)4-5-17(15)26/h4-9,14H,10-13H2,1-3H3. The van der Waals surface area contributed by atoms with Crippen molar-refractivity contribution in [2.24, 2.45) is 0 Å². The molecule has 0 aliphatic carbocycles. The van der Waals surface area contributed by atoms with Crippen molar-refractivity contribution in [3.05, 3.63) is 52.8 Å². The van der Waals surface area contributed by atoms with Crippen LogP contribution < -0.4 is 4.90 Å². The second-order valence-corrected chi connectivity index (χ2v) is 8.36. The number of benzene rings is 1. The van der Waals surface area contributed by atoms with E-state index in [1.54, 1.807) is 34.0 Å². The number of ether oxygens (including phenoxy) is 1. The molecule has 1 saturated heterocycles. The van der Waals surface area contributed by atoms with Gasteiger partial charge in [0.2, 0.25) is 5.95 Å². The molecule has 31 heavy (non-hydrogen) atoms. The Bertz CT molecular complexity index is 1130. The van der Waals surface area contributed by atoms with Gasteiger partial charge in [-0.25, -0.2) is 9.78 Å². The number of rotatable bonds is 3. The molecule has 3 heterocycles. The van der Waals surface area contributed by atoms with Gasteiger partial charge in [0.1, 0.15) is 11.4 Å². The molecule has 1 amide bonds. The summed E-state index contributed by atoms with van der Waals surface area (Å²) in [7, 11) is 0. The Kier molecular flexibility index (Phi) is 5.22. The van der Waals surface area contributed by atoms with Gasteiger partial charge in [-0.3, -0.25) is 14.7 Å². The highest BCUT2D eigenvalue weighted by atomic mass is 16.6. The van der Waals surface area contributed by atoms with Crippen LogP contribution in [0.1, 0.15) is 20.8 Å². The molecule has 0 radical (unpaired) electrons. The van der Waals surface area contributed by atoms with Crippen molar-refractivity contribution in [2.45, 2.75) is 26.4 Å². The van der Waals surface area contributed by atoms with Gasteiger partial charge in [0.15, 0.2) is 0 Å². The van der Waals surface area contributed by atoms with Crippen LogP contribution in [0, 0.1) is 10.1 Å². The van der Waals surface area contributed by atoms with Gasteiger partial charge >= 0.3 is 6.09 Å². The van der Waals surface area contributed by atoms with Gasteiger partial charge in [0.05, 0.1) is 10.4 Å². The van der Waals surface area contributed by atoms with Gasteiger partial charge in [0.25, 0.3) is 5.69 Å². The smallest absolute Gasteiger partial charge is 0.410 e. The lowest BCUT2D eigenvalue weighted by Gasteiger charge is -2.36. The number of anilines is 1. The second kappa shape index (κ2) is 7.86. The molecule has 10 nitrogen and oxygen atoms in total. The number of fused-ring (bicyclic) bond motifs is 1. The maximum atomic E-state index is 12.3. The molecule has 0 unspecified atom stereocenters. The van der Waals surface area contributed by atoms with Crippen molar-refractivity contribution in [2.75, 3.05) is 31.1 Å². The molecule has 3 aromatic rings. The molecular formula is C21H24N6O4. The maximum absolute atomic E-state index is 12.3. The number of aromatic nitrogens is 3. The number of carbonyl (C=O) groups is 1. The van der Waals surface area contributed by atoms with Crippen LogP contribution in [0.15, 0.2) is 42.7 Å². The zero-order chi connectivity index (χ0) is 22.2. The number of carbonyl (C=O) groups excluding carboxylic acids is 1. The average molecular weight is 424 g/mol. The lowest BCUT2D eigenvalue weighted by atomic mass is 10.2. The van der Waals surface area contributed by atoms with E-state index < -0.39 is 10.5 Å². The second-order valence-electron chi connectivity index (χ2n) is 8.36. The number of nitrogens with zero attached hydrogens (tertiary/aromatic N) is 6. The van der Waals surface area contributed by atoms with Gasteiger partial charge in [-0.2, -0.15) is 4.98 Å². The van der Waals surface area contributed by atoms with Crippen LogP contribution in [0.5, 0.6) is 0 Å². The highest BCUT2D eigenvalue weighted by Gasteiger charge is 2.26. The number of hydrogen-bond donors (Lipinski definition) is 0. The maximum Gasteiger partial charge on any atom is 0.410 e. The molecule has 0 bridgehead atoms. The van der Waals surface area contributed by atoms with Crippen molar-refractivity contribution < 1.29 is 14.5 Å². The first-order chi connectivity index (χ1) is 14.7. The van der Waals surface area contributed by atoms with Crippen molar-refractivity contribution in [3.63, 3.8) is 0 Å². The zero-order valence-corrected chi connectivity index (χ0v) is 17.7. The van der Waals surface area contributed by atoms with E-state index in [1.165, 1.54) is 12.1 Å². The van der Waals surface area contributed by atoms with Crippen LogP contribution in [0.4, 0.5) is 16.3 Å². The quantitative estimate of drug-likeness (QED) is 0.468. The molecule has 1 fully saturated rings. The van der Waals surface area contributed by atoms with E-state index in [0.29, 0.717) is 32.1 Å². The number of piperazine rings is 1. The molecule has 4 rings (SSSR count). The molecule has 0 N–H and O–H groups in total. The van der Waals surface area contributed by atoms with Gasteiger partial charge in [0, 0.05) is 56.1 Å². The Morgan fingerprint density at radius 3 is 2.55 bits per heavy atom. The normalized spacial score (nSPS) is 14.7. The molecule has 0 atom stereocenters. The van der Waals surface area contributed by atoms with E-state index in [4.69, 9.17) is 4.74 Å². The average Bonchev–Trinajstić information content (AvgIpc) is 3.16. The molecule has 0 spiro atoms. The first-order valence-corrected chi connectivity index (χ1v) is 10.0. The summed E-state index contributed by atoms with van der Waals surface area (Å²) in [6.45, 7) is 7.92. The fourth-order valence-electron chi connectivity index (χ4n) is 3.49. The lowest BCUT2D eigenvalue weighted by Crippen LogP contribution is -2.50. The van der Waals surface area contributed by atoms with Gasteiger partial charge in [-0.1, -0.05) is 0 Å². The van der Waals surface area contributed by atoms with Crippen LogP contribution >= 0.6 is 0 Å². The minimum atomic E-state index is -0.518. The van der Waals surface area contributed by atoms with Gasteiger partial charge < -0.3 is 14.5 Å². The Morgan fingerprint density at radius 2 is 1.87 bits per heavy atom. The fraction of sp³-hybridized carbons (Fsp3) is 0.381. The van der Waals surface area contributed by atoms with E-state index in [1.807, 2.05) is 26.8 Å². The Hall–Kier alpha value is -3.69. The zero-order valence-electron chi connectivity index (χ0n) is 17.7. The predicted molar refractivity (Wildman–Crippen MR) is 116 cm³/mol. The van der Waals surface area contributed by atoms with Crippen LogP contribution in [0.3, 0.4) is 0 Å². The number of amides is 1. The molecule has 0 saturated carbocycles.